The smallest absolute Gasteiger partial charge is 0.281 e. The third-order valence-corrected chi connectivity index (χ3v) is 7.08. The number of benzene rings is 1. The topological polar surface area (TPSA) is 80.6 Å². The van der Waals surface area contributed by atoms with E-state index in [1.165, 1.54) is 40.5 Å². The summed E-state index contributed by atoms with van der Waals surface area (Å²) < 4.78 is 0. The Kier molecular flexibility index (Phi) is 10.5. The molecular formula is C26H38N3O3S+. The van der Waals surface area contributed by atoms with Gasteiger partial charge in [0.2, 0.25) is 0 Å². The first kappa shape index (κ1) is 25.6. The molecule has 180 valence electrons. The molecule has 1 amide bonds. The van der Waals surface area contributed by atoms with E-state index in [-0.39, 0.29) is 18.5 Å². The molecule has 1 aliphatic carbocycles. The van der Waals surface area contributed by atoms with Crippen molar-refractivity contribution in [2.24, 2.45) is 0 Å². The highest BCUT2D eigenvalue weighted by Crippen LogP contribution is 2.32. The molecule has 0 unspecified atom stereocenters. The molecule has 0 radical (unpaired) electrons. The lowest BCUT2D eigenvalue weighted by Gasteiger charge is -2.23. The molecule has 7 heteroatoms. The Morgan fingerprint density at radius 3 is 2.58 bits per heavy atom. The average Bonchev–Trinajstić information content (AvgIpc) is 3.22. The Bertz CT molecular complexity index is 858. The van der Waals surface area contributed by atoms with Crippen LogP contribution in [0.25, 0.3) is 6.08 Å². The van der Waals surface area contributed by atoms with Gasteiger partial charge < -0.3 is 25.3 Å². The molecule has 0 atom stereocenters. The van der Waals surface area contributed by atoms with Crippen LogP contribution in [0.2, 0.25) is 0 Å². The van der Waals surface area contributed by atoms with Crippen molar-refractivity contribution in [2.75, 3.05) is 56.6 Å². The van der Waals surface area contributed by atoms with E-state index >= 15 is 0 Å². The zero-order valence-electron chi connectivity index (χ0n) is 19.7. The number of allylic oxidation sites excluding steroid dienone is 4. The van der Waals surface area contributed by atoms with Gasteiger partial charge in [0.15, 0.2) is 0 Å². The normalized spacial score (nSPS) is 18.2. The number of amides is 1. The minimum atomic E-state index is 0.0675. The lowest BCUT2D eigenvalue weighted by molar-refractivity contribution is -0.588. The largest absolute Gasteiger partial charge is 0.395 e. The number of carbonyl (C=O) groups excluding carboxylic acids is 1. The number of hydrogen-bond acceptors (Lipinski definition) is 5. The van der Waals surface area contributed by atoms with Crippen molar-refractivity contribution in [3.8, 4) is 0 Å². The summed E-state index contributed by atoms with van der Waals surface area (Å²) in [5.74, 6) is 0.928. The maximum Gasteiger partial charge on any atom is 0.281 e. The monoisotopic (exact) mass is 472 g/mol. The predicted molar refractivity (Wildman–Crippen MR) is 137 cm³/mol. The van der Waals surface area contributed by atoms with E-state index in [9.17, 15) is 15.0 Å². The van der Waals surface area contributed by atoms with E-state index in [0.717, 1.165) is 50.3 Å². The fraction of sp³-hybridized carbons (Fsp3) is 0.500. The summed E-state index contributed by atoms with van der Waals surface area (Å²) in [6, 6.07) is 8.34. The zero-order chi connectivity index (χ0) is 23.5. The van der Waals surface area contributed by atoms with E-state index in [0.29, 0.717) is 13.1 Å². The number of aliphatic hydroxyl groups is 2. The maximum absolute atomic E-state index is 11.7. The summed E-state index contributed by atoms with van der Waals surface area (Å²) in [7, 11) is 0. The molecule has 4 N–H and O–H groups in total. The molecular weight excluding hydrogens is 434 g/mol. The van der Waals surface area contributed by atoms with E-state index in [1.54, 1.807) is 0 Å². The van der Waals surface area contributed by atoms with Crippen molar-refractivity contribution in [1.29, 1.82) is 0 Å². The third kappa shape index (κ3) is 7.74. The van der Waals surface area contributed by atoms with Crippen LogP contribution >= 0.6 is 11.8 Å². The number of nitrogens with zero attached hydrogens (tertiary/aromatic N) is 2. The molecule has 1 aliphatic heterocycles. The van der Waals surface area contributed by atoms with Gasteiger partial charge in [0.05, 0.1) is 26.0 Å². The molecule has 2 aliphatic rings. The molecule has 0 aromatic heterocycles. The lowest BCUT2D eigenvalue weighted by Crippen LogP contribution is -2.78. The average molecular weight is 473 g/mol. The summed E-state index contributed by atoms with van der Waals surface area (Å²) in [6.07, 6.45) is 11.1. The van der Waals surface area contributed by atoms with Crippen LogP contribution < -0.4 is 10.2 Å². The number of anilines is 1. The Labute approximate surface area is 202 Å². The van der Waals surface area contributed by atoms with Gasteiger partial charge in [-0.05, 0) is 61.1 Å². The number of quaternary nitrogens is 1. The number of rotatable bonds is 12. The van der Waals surface area contributed by atoms with E-state index in [2.05, 4.69) is 54.9 Å². The molecule has 0 saturated carbocycles. The minimum absolute atomic E-state index is 0.0675. The predicted octanol–water partition coefficient (Wildman–Crippen LogP) is 3.00. The first-order chi connectivity index (χ1) is 16.1. The molecule has 6 nitrogen and oxygen atoms in total. The minimum Gasteiger partial charge on any atom is -0.395 e. The Balaban J connectivity index is 1.58. The van der Waals surface area contributed by atoms with Gasteiger partial charge in [-0.3, -0.25) is 4.79 Å². The van der Waals surface area contributed by atoms with Crippen LogP contribution in [0, 0.1) is 0 Å². The second-order valence-electron chi connectivity index (χ2n) is 8.58. The summed E-state index contributed by atoms with van der Waals surface area (Å²) in [5.41, 5.74) is 6.33. The van der Waals surface area contributed by atoms with E-state index in [1.807, 2.05) is 9.80 Å². The standard InChI is InChI=1S/C26H37N3O3S/c1-21-4-2-5-23(20-22-6-8-24(9-7-22)28(14-17-30)15-18-31)25(21)10-12-27-11-3-13-29-16-19-33-26(29)32/h6-10,12,20,27,30-31H,2-5,11,13-19H2,1H3/p+1/b12-10-,23-20+. The summed E-state index contributed by atoms with van der Waals surface area (Å²) in [4.78, 5) is 15.6. The van der Waals surface area contributed by atoms with Crippen molar-refractivity contribution in [3.05, 3.63) is 58.8 Å². The number of hydrogen-bond donors (Lipinski definition) is 3. The summed E-state index contributed by atoms with van der Waals surface area (Å²) in [6.45, 7) is 6.12. The summed E-state index contributed by atoms with van der Waals surface area (Å²) in [5, 5.41) is 21.0. The molecule has 3 rings (SSSR count). The fourth-order valence-electron chi connectivity index (χ4n) is 4.37. The van der Waals surface area contributed by atoms with E-state index in [4.69, 9.17) is 0 Å². The van der Waals surface area contributed by atoms with Crippen LogP contribution in [0.5, 0.6) is 0 Å². The quantitative estimate of drug-likeness (QED) is 0.408. The first-order valence-corrected chi connectivity index (χ1v) is 13.0. The molecule has 1 saturated heterocycles. The second-order valence-corrected chi connectivity index (χ2v) is 9.63. The molecule has 1 aromatic carbocycles. The molecule has 1 aromatic rings. The lowest BCUT2D eigenvalue weighted by atomic mass is 9.87. The van der Waals surface area contributed by atoms with Crippen LogP contribution in [0.3, 0.4) is 0 Å². The van der Waals surface area contributed by atoms with Gasteiger partial charge in [-0.25, -0.2) is 0 Å². The molecule has 1 fully saturated rings. The van der Waals surface area contributed by atoms with Crippen molar-refractivity contribution >= 4 is 28.8 Å². The van der Waals surface area contributed by atoms with Gasteiger partial charge in [0.25, 0.3) is 5.24 Å². The van der Waals surface area contributed by atoms with Crippen LogP contribution in [-0.4, -0.2) is 72.0 Å². The van der Waals surface area contributed by atoms with Gasteiger partial charge in [0.1, 0.15) is 0 Å². The van der Waals surface area contributed by atoms with Crippen LogP contribution in [0.15, 0.2) is 53.3 Å². The summed E-state index contributed by atoms with van der Waals surface area (Å²) >= 11 is 1.43. The Morgan fingerprint density at radius 1 is 1.15 bits per heavy atom. The second kappa shape index (κ2) is 13.6. The number of carbonyl (C=O) groups is 1. The highest BCUT2D eigenvalue weighted by molar-refractivity contribution is 8.13. The van der Waals surface area contributed by atoms with Gasteiger partial charge in [0, 0.05) is 44.0 Å². The highest BCUT2D eigenvalue weighted by atomic mass is 32.2. The van der Waals surface area contributed by atoms with E-state index < -0.39 is 0 Å². The van der Waals surface area contributed by atoms with Gasteiger partial charge in [-0.2, -0.15) is 0 Å². The molecule has 1 heterocycles. The Morgan fingerprint density at radius 2 is 1.91 bits per heavy atom. The first-order valence-electron chi connectivity index (χ1n) is 12.0. The van der Waals surface area contributed by atoms with Crippen LogP contribution in [0.1, 0.15) is 38.2 Å². The van der Waals surface area contributed by atoms with Gasteiger partial charge >= 0.3 is 0 Å². The van der Waals surface area contributed by atoms with Crippen molar-refractivity contribution in [1.82, 2.24) is 4.90 Å². The highest BCUT2D eigenvalue weighted by Gasteiger charge is 2.20. The van der Waals surface area contributed by atoms with Crippen LogP contribution in [-0.2, 0) is 0 Å². The van der Waals surface area contributed by atoms with Crippen molar-refractivity contribution in [2.45, 2.75) is 32.6 Å². The number of nitrogens with two attached hydrogens (primary N) is 1. The Hall–Kier alpha value is -2.06. The van der Waals surface area contributed by atoms with Crippen LogP contribution in [0.4, 0.5) is 10.5 Å². The SMILES string of the molecule is CC1=C(/C=C\[NH2+]CCCN2CCSC2=O)/C(=C/c2ccc(N(CCO)CCO)cc2)CCC1. The van der Waals surface area contributed by atoms with Gasteiger partial charge in [-0.1, -0.05) is 35.5 Å². The van der Waals surface area contributed by atoms with Gasteiger partial charge in [-0.15, -0.1) is 0 Å². The van der Waals surface area contributed by atoms with Crippen molar-refractivity contribution in [3.63, 3.8) is 0 Å². The zero-order valence-corrected chi connectivity index (χ0v) is 20.5. The van der Waals surface area contributed by atoms with Crippen molar-refractivity contribution < 1.29 is 20.3 Å². The molecule has 33 heavy (non-hydrogen) atoms. The maximum atomic E-state index is 11.7. The molecule has 0 bridgehead atoms. The molecule has 0 spiro atoms. The number of thioether (sulfide) groups is 1. The third-order valence-electron chi connectivity index (χ3n) is 6.19. The fourth-order valence-corrected chi connectivity index (χ4v) is 5.22. The number of aliphatic hydroxyl groups excluding tert-OH is 2.